The molecule has 0 aliphatic heterocycles. The van der Waals surface area contributed by atoms with E-state index in [9.17, 15) is 4.79 Å². The highest BCUT2D eigenvalue weighted by molar-refractivity contribution is 5.82. The molecular weight excluding hydrogens is 210 g/mol. The van der Waals surface area contributed by atoms with Crippen molar-refractivity contribution < 1.29 is 4.79 Å². The third-order valence-electron chi connectivity index (χ3n) is 3.79. The number of rotatable bonds is 6. The summed E-state index contributed by atoms with van der Waals surface area (Å²) in [5.74, 6) is 0.881. The predicted molar refractivity (Wildman–Crippen MR) is 70.0 cm³/mol. The second kappa shape index (κ2) is 5.46. The second-order valence-corrected chi connectivity index (χ2v) is 4.99. The van der Waals surface area contributed by atoms with Crippen LogP contribution in [0.1, 0.15) is 43.2 Å². The molecule has 0 spiro atoms. The molecule has 2 unspecified atom stereocenters. The van der Waals surface area contributed by atoms with Gasteiger partial charge in [0.05, 0.1) is 0 Å². The second-order valence-electron chi connectivity index (χ2n) is 4.99. The molecule has 0 aromatic heterocycles. The summed E-state index contributed by atoms with van der Waals surface area (Å²) < 4.78 is 0. The highest BCUT2D eigenvalue weighted by atomic mass is 16.1. The fourth-order valence-corrected chi connectivity index (χ4v) is 2.71. The Hall–Kier alpha value is -1.15. The van der Waals surface area contributed by atoms with Crippen LogP contribution in [0.15, 0.2) is 24.3 Å². The first-order valence-corrected chi connectivity index (χ1v) is 6.56. The third kappa shape index (κ3) is 2.58. The standard InChI is InChI=1S/C15H21NO/c1-2-5-12(10-16)15(17)9-13-8-11-6-3-4-7-14(11)13/h3-4,6-7,12-13H,2,5,8-10,16H2,1H3. The molecule has 2 rings (SSSR count). The number of benzene rings is 1. The first-order valence-electron chi connectivity index (χ1n) is 6.56. The summed E-state index contributed by atoms with van der Waals surface area (Å²) in [5, 5.41) is 0. The molecular formula is C15H21NO. The van der Waals surface area contributed by atoms with Gasteiger partial charge in [-0.1, -0.05) is 37.6 Å². The van der Waals surface area contributed by atoms with Gasteiger partial charge in [0.25, 0.3) is 0 Å². The molecule has 17 heavy (non-hydrogen) atoms. The summed E-state index contributed by atoms with van der Waals surface area (Å²) in [6, 6.07) is 8.43. The average molecular weight is 231 g/mol. The van der Waals surface area contributed by atoms with Gasteiger partial charge in [0.2, 0.25) is 0 Å². The lowest BCUT2D eigenvalue weighted by molar-refractivity contribution is -0.123. The van der Waals surface area contributed by atoms with E-state index in [1.54, 1.807) is 0 Å². The number of hydrogen-bond acceptors (Lipinski definition) is 2. The van der Waals surface area contributed by atoms with E-state index in [1.807, 2.05) is 0 Å². The normalized spacial score (nSPS) is 19.3. The highest BCUT2D eigenvalue weighted by Crippen LogP contribution is 2.38. The van der Waals surface area contributed by atoms with Gasteiger partial charge in [-0.3, -0.25) is 4.79 Å². The number of ketones is 1. The van der Waals surface area contributed by atoms with Gasteiger partial charge in [0.15, 0.2) is 0 Å². The largest absolute Gasteiger partial charge is 0.330 e. The first-order chi connectivity index (χ1) is 8.26. The molecule has 0 saturated heterocycles. The van der Waals surface area contributed by atoms with Gasteiger partial charge in [-0.2, -0.15) is 0 Å². The molecule has 0 fully saturated rings. The van der Waals surface area contributed by atoms with E-state index in [2.05, 4.69) is 31.2 Å². The lowest BCUT2D eigenvalue weighted by atomic mass is 9.74. The van der Waals surface area contributed by atoms with Gasteiger partial charge in [-0.15, -0.1) is 0 Å². The van der Waals surface area contributed by atoms with Crippen molar-refractivity contribution >= 4 is 5.78 Å². The Bertz CT molecular complexity index is 400. The van der Waals surface area contributed by atoms with Crippen LogP contribution in [0.5, 0.6) is 0 Å². The van der Waals surface area contributed by atoms with E-state index in [0.29, 0.717) is 24.7 Å². The Labute approximate surface area is 103 Å². The molecule has 1 aromatic carbocycles. The van der Waals surface area contributed by atoms with Crippen LogP contribution in [0, 0.1) is 5.92 Å². The van der Waals surface area contributed by atoms with Gasteiger partial charge in [0, 0.05) is 18.9 Å². The minimum atomic E-state index is 0.0766. The number of nitrogens with two attached hydrogens (primary N) is 1. The molecule has 0 saturated carbocycles. The Balaban J connectivity index is 1.93. The van der Waals surface area contributed by atoms with Crippen LogP contribution >= 0.6 is 0 Å². The van der Waals surface area contributed by atoms with E-state index in [-0.39, 0.29) is 5.92 Å². The molecule has 1 aliphatic rings. The molecule has 0 heterocycles. The summed E-state index contributed by atoms with van der Waals surface area (Å²) in [6.45, 7) is 2.61. The molecule has 0 radical (unpaired) electrons. The van der Waals surface area contributed by atoms with Crippen molar-refractivity contribution in [2.24, 2.45) is 11.7 Å². The molecule has 1 aromatic rings. The molecule has 0 bridgehead atoms. The molecule has 0 amide bonds. The molecule has 2 heteroatoms. The smallest absolute Gasteiger partial charge is 0.137 e. The quantitative estimate of drug-likeness (QED) is 0.818. The van der Waals surface area contributed by atoms with Crippen molar-refractivity contribution in [3.63, 3.8) is 0 Å². The summed E-state index contributed by atoms with van der Waals surface area (Å²) in [6.07, 6.45) is 3.71. The lowest BCUT2D eigenvalue weighted by Gasteiger charge is -2.30. The predicted octanol–water partition coefficient (Wildman–Crippen LogP) is 2.66. The highest BCUT2D eigenvalue weighted by Gasteiger charge is 2.29. The molecule has 92 valence electrons. The Kier molecular flexibility index (Phi) is 3.95. The number of hydrogen-bond donors (Lipinski definition) is 1. The van der Waals surface area contributed by atoms with Crippen molar-refractivity contribution in [1.82, 2.24) is 0 Å². The van der Waals surface area contributed by atoms with Gasteiger partial charge >= 0.3 is 0 Å². The van der Waals surface area contributed by atoms with E-state index in [4.69, 9.17) is 5.73 Å². The maximum absolute atomic E-state index is 12.1. The molecule has 1 aliphatic carbocycles. The van der Waals surface area contributed by atoms with Crippen LogP contribution in [0.4, 0.5) is 0 Å². The zero-order chi connectivity index (χ0) is 12.3. The zero-order valence-corrected chi connectivity index (χ0v) is 10.5. The number of carbonyl (C=O) groups is 1. The molecule has 2 nitrogen and oxygen atoms in total. The zero-order valence-electron chi connectivity index (χ0n) is 10.5. The lowest BCUT2D eigenvalue weighted by Crippen LogP contribution is -2.28. The number of carbonyl (C=O) groups excluding carboxylic acids is 1. The first kappa shape index (κ1) is 12.3. The van der Waals surface area contributed by atoms with Gasteiger partial charge in [-0.05, 0) is 29.9 Å². The van der Waals surface area contributed by atoms with Crippen LogP contribution in [-0.4, -0.2) is 12.3 Å². The van der Waals surface area contributed by atoms with Crippen LogP contribution in [0.2, 0.25) is 0 Å². The monoisotopic (exact) mass is 231 g/mol. The molecule has 2 N–H and O–H groups in total. The van der Waals surface area contributed by atoms with E-state index >= 15 is 0 Å². The number of fused-ring (bicyclic) bond motifs is 1. The van der Waals surface area contributed by atoms with Crippen molar-refractivity contribution in [3.05, 3.63) is 35.4 Å². The SMILES string of the molecule is CCCC(CN)C(=O)CC1Cc2ccccc21. The van der Waals surface area contributed by atoms with Crippen molar-refractivity contribution in [2.75, 3.05) is 6.54 Å². The minimum absolute atomic E-state index is 0.0766. The van der Waals surface area contributed by atoms with Crippen molar-refractivity contribution in [1.29, 1.82) is 0 Å². The number of Topliss-reactive ketones (excluding diaryl/α,β-unsaturated/α-hetero) is 1. The van der Waals surface area contributed by atoms with E-state index < -0.39 is 0 Å². The fourth-order valence-electron chi connectivity index (χ4n) is 2.71. The summed E-state index contributed by atoms with van der Waals surface area (Å²) in [4.78, 5) is 12.1. The third-order valence-corrected chi connectivity index (χ3v) is 3.79. The van der Waals surface area contributed by atoms with E-state index in [1.165, 1.54) is 11.1 Å². The topological polar surface area (TPSA) is 43.1 Å². The van der Waals surface area contributed by atoms with Gasteiger partial charge in [0.1, 0.15) is 5.78 Å². The van der Waals surface area contributed by atoms with E-state index in [0.717, 1.165) is 19.3 Å². The van der Waals surface area contributed by atoms with Crippen molar-refractivity contribution in [3.8, 4) is 0 Å². The van der Waals surface area contributed by atoms with Crippen molar-refractivity contribution in [2.45, 2.75) is 38.5 Å². The average Bonchev–Trinajstić information content (AvgIpc) is 2.32. The Morgan fingerprint density at radius 1 is 1.47 bits per heavy atom. The molecule has 2 atom stereocenters. The van der Waals surface area contributed by atoms with Crippen LogP contribution in [0.3, 0.4) is 0 Å². The maximum Gasteiger partial charge on any atom is 0.137 e. The van der Waals surface area contributed by atoms with Crippen LogP contribution in [0.25, 0.3) is 0 Å². The minimum Gasteiger partial charge on any atom is -0.330 e. The Morgan fingerprint density at radius 2 is 2.24 bits per heavy atom. The van der Waals surface area contributed by atoms with Gasteiger partial charge in [-0.25, -0.2) is 0 Å². The Morgan fingerprint density at radius 3 is 2.88 bits per heavy atom. The summed E-state index contributed by atoms with van der Waals surface area (Å²) in [7, 11) is 0. The summed E-state index contributed by atoms with van der Waals surface area (Å²) >= 11 is 0. The summed E-state index contributed by atoms with van der Waals surface area (Å²) in [5.41, 5.74) is 8.44. The van der Waals surface area contributed by atoms with Crippen LogP contribution < -0.4 is 5.73 Å². The van der Waals surface area contributed by atoms with Gasteiger partial charge < -0.3 is 5.73 Å². The van der Waals surface area contributed by atoms with Crippen LogP contribution in [-0.2, 0) is 11.2 Å². The maximum atomic E-state index is 12.1. The fraction of sp³-hybridized carbons (Fsp3) is 0.533.